The second-order valence-electron chi connectivity index (χ2n) is 3.65. The van der Waals surface area contributed by atoms with Crippen LogP contribution >= 0.6 is 0 Å². The Labute approximate surface area is 89.5 Å². The van der Waals surface area contributed by atoms with Crippen molar-refractivity contribution in [3.63, 3.8) is 0 Å². The van der Waals surface area contributed by atoms with Gasteiger partial charge in [-0.25, -0.2) is 4.68 Å². The lowest BCUT2D eigenvalue weighted by molar-refractivity contribution is 0.751. The van der Waals surface area contributed by atoms with Gasteiger partial charge < -0.3 is 5.73 Å². The van der Waals surface area contributed by atoms with Crippen molar-refractivity contribution in [2.24, 2.45) is 5.73 Å². The van der Waals surface area contributed by atoms with Gasteiger partial charge in [-0.05, 0) is 30.2 Å². The zero-order chi connectivity index (χ0) is 10.7. The number of benzene rings is 1. The van der Waals surface area contributed by atoms with Crippen molar-refractivity contribution in [1.29, 1.82) is 0 Å². The predicted molar refractivity (Wildman–Crippen MR) is 61.0 cm³/mol. The average molecular weight is 201 g/mol. The SMILES string of the molecule is CC(CN)c1ccccc1-n1cccn1. The van der Waals surface area contributed by atoms with Crippen molar-refractivity contribution >= 4 is 0 Å². The highest BCUT2D eigenvalue weighted by molar-refractivity contribution is 5.42. The Balaban J connectivity index is 2.47. The smallest absolute Gasteiger partial charge is 0.0680 e. The topological polar surface area (TPSA) is 43.8 Å². The first-order chi connectivity index (χ1) is 7.33. The van der Waals surface area contributed by atoms with E-state index in [2.05, 4.69) is 24.2 Å². The Morgan fingerprint density at radius 2 is 2.13 bits per heavy atom. The number of aromatic nitrogens is 2. The molecule has 78 valence electrons. The summed E-state index contributed by atoms with van der Waals surface area (Å²) in [5.41, 5.74) is 8.05. The first-order valence-corrected chi connectivity index (χ1v) is 5.12. The van der Waals surface area contributed by atoms with E-state index in [1.54, 1.807) is 6.20 Å². The third-order valence-corrected chi connectivity index (χ3v) is 2.57. The normalized spacial score (nSPS) is 12.7. The fourth-order valence-corrected chi connectivity index (χ4v) is 1.65. The zero-order valence-corrected chi connectivity index (χ0v) is 8.80. The fourth-order valence-electron chi connectivity index (χ4n) is 1.65. The zero-order valence-electron chi connectivity index (χ0n) is 8.80. The Morgan fingerprint density at radius 1 is 1.33 bits per heavy atom. The molecule has 0 bridgehead atoms. The van der Waals surface area contributed by atoms with E-state index in [0.717, 1.165) is 5.69 Å². The molecule has 3 nitrogen and oxygen atoms in total. The lowest BCUT2D eigenvalue weighted by atomic mass is 9.99. The molecule has 1 aromatic carbocycles. The Bertz CT molecular complexity index is 420. The molecule has 1 aromatic heterocycles. The van der Waals surface area contributed by atoms with E-state index in [1.165, 1.54) is 5.56 Å². The maximum absolute atomic E-state index is 5.70. The maximum atomic E-state index is 5.70. The lowest BCUT2D eigenvalue weighted by Gasteiger charge is -2.14. The molecule has 2 N–H and O–H groups in total. The van der Waals surface area contributed by atoms with Crippen LogP contribution in [0.3, 0.4) is 0 Å². The molecule has 0 aliphatic rings. The largest absolute Gasteiger partial charge is 0.330 e. The molecule has 2 rings (SSSR count). The van der Waals surface area contributed by atoms with Crippen LogP contribution in [0.25, 0.3) is 5.69 Å². The van der Waals surface area contributed by atoms with Crippen molar-refractivity contribution in [2.45, 2.75) is 12.8 Å². The number of rotatable bonds is 3. The van der Waals surface area contributed by atoms with E-state index < -0.39 is 0 Å². The van der Waals surface area contributed by atoms with Crippen LogP contribution in [-0.4, -0.2) is 16.3 Å². The third-order valence-electron chi connectivity index (χ3n) is 2.57. The van der Waals surface area contributed by atoms with Crippen LogP contribution in [0.5, 0.6) is 0 Å². The van der Waals surface area contributed by atoms with E-state index in [4.69, 9.17) is 5.73 Å². The van der Waals surface area contributed by atoms with Gasteiger partial charge in [0.2, 0.25) is 0 Å². The maximum Gasteiger partial charge on any atom is 0.0680 e. The molecule has 2 aromatic rings. The van der Waals surface area contributed by atoms with Crippen molar-refractivity contribution in [2.75, 3.05) is 6.54 Å². The summed E-state index contributed by atoms with van der Waals surface area (Å²) in [5, 5.41) is 4.24. The molecule has 0 spiro atoms. The van der Waals surface area contributed by atoms with Crippen LogP contribution in [0.15, 0.2) is 42.7 Å². The Kier molecular flexibility index (Phi) is 2.83. The minimum atomic E-state index is 0.352. The first-order valence-electron chi connectivity index (χ1n) is 5.12. The standard InChI is InChI=1S/C12H15N3/c1-10(9-13)11-5-2-3-6-12(11)15-8-4-7-14-15/h2-8,10H,9,13H2,1H3. The summed E-state index contributed by atoms with van der Waals surface area (Å²) in [7, 11) is 0. The van der Waals surface area contributed by atoms with Crippen molar-refractivity contribution in [3.05, 3.63) is 48.3 Å². The van der Waals surface area contributed by atoms with E-state index in [1.807, 2.05) is 29.1 Å². The molecule has 0 fully saturated rings. The van der Waals surface area contributed by atoms with Gasteiger partial charge in [0.05, 0.1) is 5.69 Å². The number of nitrogens with zero attached hydrogens (tertiary/aromatic N) is 2. The summed E-state index contributed by atoms with van der Waals surface area (Å²) in [6, 6.07) is 10.1. The van der Waals surface area contributed by atoms with Crippen molar-refractivity contribution in [3.8, 4) is 5.69 Å². The molecule has 0 amide bonds. The fraction of sp³-hybridized carbons (Fsp3) is 0.250. The van der Waals surface area contributed by atoms with Crippen LogP contribution in [0.2, 0.25) is 0 Å². The van der Waals surface area contributed by atoms with Gasteiger partial charge in [0, 0.05) is 12.4 Å². The Morgan fingerprint density at radius 3 is 2.80 bits per heavy atom. The molecule has 0 aliphatic heterocycles. The van der Waals surface area contributed by atoms with E-state index in [9.17, 15) is 0 Å². The van der Waals surface area contributed by atoms with E-state index in [0.29, 0.717) is 12.5 Å². The van der Waals surface area contributed by atoms with Gasteiger partial charge in [-0.15, -0.1) is 0 Å². The quantitative estimate of drug-likeness (QED) is 0.824. The highest BCUT2D eigenvalue weighted by Gasteiger charge is 2.09. The second-order valence-corrected chi connectivity index (χ2v) is 3.65. The number of hydrogen-bond acceptors (Lipinski definition) is 2. The molecule has 1 unspecified atom stereocenters. The van der Waals surface area contributed by atoms with Crippen LogP contribution in [-0.2, 0) is 0 Å². The van der Waals surface area contributed by atoms with Crippen LogP contribution in [0, 0.1) is 0 Å². The van der Waals surface area contributed by atoms with E-state index >= 15 is 0 Å². The highest BCUT2D eigenvalue weighted by atomic mass is 15.3. The number of nitrogens with two attached hydrogens (primary N) is 1. The molecule has 3 heteroatoms. The molecule has 0 aliphatic carbocycles. The van der Waals surface area contributed by atoms with Gasteiger partial charge in [0.25, 0.3) is 0 Å². The monoisotopic (exact) mass is 201 g/mol. The van der Waals surface area contributed by atoms with Crippen molar-refractivity contribution in [1.82, 2.24) is 9.78 Å². The summed E-state index contributed by atoms with van der Waals surface area (Å²) in [5.74, 6) is 0.352. The highest BCUT2D eigenvalue weighted by Crippen LogP contribution is 2.21. The molecule has 1 heterocycles. The predicted octanol–water partition coefficient (Wildman–Crippen LogP) is 1.93. The van der Waals surface area contributed by atoms with Gasteiger partial charge in [-0.1, -0.05) is 25.1 Å². The summed E-state index contributed by atoms with van der Waals surface area (Å²) in [4.78, 5) is 0. The minimum absolute atomic E-state index is 0.352. The summed E-state index contributed by atoms with van der Waals surface area (Å²) < 4.78 is 1.88. The van der Waals surface area contributed by atoms with Gasteiger partial charge in [0.15, 0.2) is 0 Å². The number of hydrogen-bond donors (Lipinski definition) is 1. The summed E-state index contributed by atoms with van der Waals surface area (Å²) >= 11 is 0. The summed E-state index contributed by atoms with van der Waals surface area (Å²) in [6.45, 7) is 2.78. The van der Waals surface area contributed by atoms with Gasteiger partial charge in [0.1, 0.15) is 0 Å². The van der Waals surface area contributed by atoms with Crippen LogP contribution < -0.4 is 5.73 Å². The molecule has 0 saturated heterocycles. The molecule has 1 atom stereocenters. The molecular weight excluding hydrogens is 186 g/mol. The van der Waals surface area contributed by atoms with Gasteiger partial charge >= 0.3 is 0 Å². The molecule has 15 heavy (non-hydrogen) atoms. The van der Waals surface area contributed by atoms with Crippen molar-refractivity contribution < 1.29 is 0 Å². The van der Waals surface area contributed by atoms with Gasteiger partial charge in [-0.3, -0.25) is 0 Å². The molecule has 0 saturated carbocycles. The summed E-state index contributed by atoms with van der Waals surface area (Å²) in [6.07, 6.45) is 3.73. The van der Waals surface area contributed by atoms with Crippen LogP contribution in [0.1, 0.15) is 18.4 Å². The second kappa shape index (κ2) is 4.28. The molecule has 0 radical (unpaired) electrons. The first kappa shape index (κ1) is 9.93. The third kappa shape index (κ3) is 1.92. The average Bonchev–Trinajstić information content (AvgIpc) is 2.81. The Hall–Kier alpha value is -1.61. The van der Waals surface area contributed by atoms with E-state index in [-0.39, 0.29) is 0 Å². The number of para-hydroxylation sites is 1. The lowest BCUT2D eigenvalue weighted by Crippen LogP contribution is -2.12. The van der Waals surface area contributed by atoms with Crippen LogP contribution in [0.4, 0.5) is 0 Å². The minimum Gasteiger partial charge on any atom is -0.330 e. The molecular formula is C12H15N3. The van der Waals surface area contributed by atoms with Gasteiger partial charge in [-0.2, -0.15) is 5.10 Å².